The van der Waals surface area contributed by atoms with Crippen LogP contribution in [0.15, 0.2) is 30.3 Å². The van der Waals surface area contributed by atoms with Gasteiger partial charge in [0.2, 0.25) is 0 Å². The monoisotopic (exact) mass is 500 g/mol. The first-order chi connectivity index (χ1) is 17.5. The number of unbranched alkanes of at least 4 members (excludes halogenated alkanes) is 2. The number of hydrogen-bond acceptors (Lipinski definition) is 1. The van der Waals surface area contributed by atoms with Gasteiger partial charge in [-0.15, -0.1) is 0 Å². The third-order valence-electron chi connectivity index (χ3n) is 8.75. The second kappa shape index (κ2) is 13.0. The van der Waals surface area contributed by atoms with Crippen LogP contribution in [-0.4, -0.2) is 6.61 Å². The Hall–Kier alpha value is -1.97. The molecule has 2 aliphatic carbocycles. The molecule has 0 spiro atoms. The lowest BCUT2D eigenvalue weighted by Gasteiger charge is -2.29. The van der Waals surface area contributed by atoms with E-state index in [0.717, 1.165) is 82.6 Å². The van der Waals surface area contributed by atoms with Gasteiger partial charge in [0.15, 0.2) is 23.2 Å². The molecule has 0 radical (unpaired) electrons. The van der Waals surface area contributed by atoms with E-state index in [1.54, 1.807) is 12.1 Å². The summed E-state index contributed by atoms with van der Waals surface area (Å²) >= 11 is 0. The van der Waals surface area contributed by atoms with Crippen molar-refractivity contribution < 1.29 is 17.9 Å². The van der Waals surface area contributed by atoms with Gasteiger partial charge in [-0.2, -0.15) is 0 Å². The average Bonchev–Trinajstić information content (AvgIpc) is 2.89. The van der Waals surface area contributed by atoms with Crippen molar-refractivity contribution >= 4 is 0 Å². The van der Waals surface area contributed by atoms with Crippen LogP contribution in [0.2, 0.25) is 0 Å². The number of rotatable bonds is 10. The number of ether oxygens (including phenoxy) is 1. The van der Waals surface area contributed by atoms with Crippen LogP contribution in [-0.2, 0) is 6.42 Å². The first-order valence-electron chi connectivity index (χ1n) is 14.3. The van der Waals surface area contributed by atoms with Gasteiger partial charge in [0.05, 0.1) is 6.61 Å². The fourth-order valence-electron chi connectivity index (χ4n) is 6.25. The Morgan fingerprint density at radius 1 is 0.806 bits per heavy atom. The van der Waals surface area contributed by atoms with E-state index in [1.165, 1.54) is 0 Å². The summed E-state index contributed by atoms with van der Waals surface area (Å²) in [5, 5.41) is 0. The Morgan fingerprint density at radius 3 is 2.22 bits per heavy atom. The highest BCUT2D eigenvalue weighted by Gasteiger charge is 2.26. The molecule has 0 unspecified atom stereocenters. The highest BCUT2D eigenvalue weighted by molar-refractivity contribution is 5.32. The number of aryl methyl sites for hydroxylation is 1. The molecule has 1 nitrogen and oxygen atoms in total. The maximum absolute atomic E-state index is 14.9. The van der Waals surface area contributed by atoms with Crippen LogP contribution in [0.1, 0.15) is 119 Å². The summed E-state index contributed by atoms with van der Waals surface area (Å²) in [5.74, 6) is 0.549. The summed E-state index contributed by atoms with van der Waals surface area (Å²) in [6.07, 6.45) is 12.8. The van der Waals surface area contributed by atoms with Crippen LogP contribution in [0.3, 0.4) is 0 Å². The summed E-state index contributed by atoms with van der Waals surface area (Å²) in [7, 11) is 0. The van der Waals surface area contributed by atoms with E-state index in [2.05, 4.69) is 13.8 Å². The second-order valence-electron chi connectivity index (χ2n) is 11.4. The zero-order valence-corrected chi connectivity index (χ0v) is 22.1. The number of hydrogen-bond donors (Lipinski definition) is 0. The second-order valence-corrected chi connectivity index (χ2v) is 11.4. The van der Waals surface area contributed by atoms with Crippen LogP contribution in [0, 0.1) is 29.3 Å². The molecule has 2 fully saturated rings. The van der Waals surface area contributed by atoms with Crippen molar-refractivity contribution in [2.45, 2.75) is 109 Å². The van der Waals surface area contributed by atoms with Gasteiger partial charge in [-0.05, 0) is 110 Å². The van der Waals surface area contributed by atoms with E-state index < -0.39 is 11.6 Å². The molecule has 0 saturated heterocycles. The van der Waals surface area contributed by atoms with Crippen LogP contribution in [0.4, 0.5) is 13.2 Å². The summed E-state index contributed by atoms with van der Waals surface area (Å²) in [6.45, 7) is 4.93. The van der Waals surface area contributed by atoms with Crippen molar-refractivity contribution in [2.24, 2.45) is 11.8 Å². The predicted octanol–water partition coefficient (Wildman–Crippen LogP) is 9.87. The molecule has 0 N–H and O–H groups in total. The van der Waals surface area contributed by atoms with E-state index in [1.807, 2.05) is 18.2 Å². The van der Waals surface area contributed by atoms with E-state index in [4.69, 9.17) is 4.74 Å². The first-order valence-corrected chi connectivity index (χ1v) is 14.3. The Bertz CT molecular complexity index is 972. The average molecular weight is 501 g/mol. The van der Waals surface area contributed by atoms with Crippen LogP contribution >= 0.6 is 0 Å². The molecule has 0 heterocycles. The first kappa shape index (κ1) is 27.1. The third-order valence-corrected chi connectivity index (χ3v) is 8.75. The molecular weight excluding hydrogens is 457 g/mol. The molecule has 4 rings (SSSR count). The molecular formula is C32H43F3O. The van der Waals surface area contributed by atoms with E-state index in [-0.39, 0.29) is 11.7 Å². The smallest absolute Gasteiger partial charge is 0.165 e. The lowest BCUT2D eigenvalue weighted by Crippen LogP contribution is -2.15. The van der Waals surface area contributed by atoms with Crippen LogP contribution in [0.5, 0.6) is 5.75 Å². The maximum atomic E-state index is 14.9. The minimum atomic E-state index is -0.632. The van der Waals surface area contributed by atoms with Gasteiger partial charge in [0.1, 0.15) is 0 Å². The highest BCUT2D eigenvalue weighted by atomic mass is 19.2. The van der Waals surface area contributed by atoms with Crippen LogP contribution < -0.4 is 4.74 Å². The van der Waals surface area contributed by atoms with E-state index in [9.17, 15) is 13.2 Å². The summed E-state index contributed by atoms with van der Waals surface area (Å²) < 4.78 is 49.9. The molecule has 0 aromatic heterocycles. The number of halogens is 3. The van der Waals surface area contributed by atoms with Crippen molar-refractivity contribution in [3.05, 3.63) is 64.5 Å². The Kier molecular flexibility index (Phi) is 9.79. The Morgan fingerprint density at radius 2 is 1.53 bits per heavy atom. The van der Waals surface area contributed by atoms with Gasteiger partial charge in [-0.25, -0.2) is 13.2 Å². The van der Waals surface area contributed by atoms with Gasteiger partial charge in [-0.3, -0.25) is 0 Å². The summed E-state index contributed by atoms with van der Waals surface area (Å²) in [5.41, 5.74) is 2.14. The zero-order valence-electron chi connectivity index (χ0n) is 22.1. The van der Waals surface area contributed by atoms with Gasteiger partial charge >= 0.3 is 0 Å². The van der Waals surface area contributed by atoms with Gasteiger partial charge in [-0.1, -0.05) is 57.7 Å². The Labute approximate surface area is 215 Å². The minimum absolute atomic E-state index is 0.159. The van der Waals surface area contributed by atoms with Gasteiger partial charge in [0.25, 0.3) is 0 Å². The van der Waals surface area contributed by atoms with Gasteiger partial charge in [0, 0.05) is 0 Å². The zero-order chi connectivity index (χ0) is 25.5. The molecule has 2 saturated carbocycles. The quantitative estimate of drug-likeness (QED) is 0.295. The molecule has 0 bridgehead atoms. The van der Waals surface area contributed by atoms with E-state index >= 15 is 0 Å². The standard InChI is InChI=1S/C32H43F3O/c1-3-4-5-20-36-30-19-17-27(21-29(30)33)24-13-8-23(9-14-24)10-15-26-16-18-28(32(35)31(26)34)25-11-6-22(2)7-12-25/h16-19,21-25H,3-15,20H2,1-2H3. The minimum Gasteiger partial charge on any atom is -0.491 e. The van der Waals surface area contributed by atoms with Crippen molar-refractivity contribution in [1.82, 2.24) is 0 Å². The SMILES string of the molecule is CCCCCOc1ccc(C2CCC(CCc3ccc(C4CCC(C)CC4)c(F)c3F)CC2)cc1F. The Balaban J connectivity index is 1.26. The molecule has 198 valence electrons. The van der Waals surface area contributed by atoms with Crippen molar-refractivity contribution in [1.29, 1.82) is 0 Å². The molecule has 0 aliphatic heterocycles. The largest absolute Gasteiger partial charge is 0.491 e. The fourth-order valence-corrected chi connectivity index (χ4v) is 6.25. The van der Waals surface area contributed by atoms with Crippen LogP contribution in [0.25, 0.3) is 0 Å². The normalized spacial score (nSPS) is 24.6. The summed E-state index contributed by atoms with van der Waals surface area (Å²) in [6, 6.07) is 9.10. The predicted molar refractivity (Wildman–Crippen MR) is 141 cm³/mol. The molecule has 4 heteroatoms. The molecule has 2 aromatic carbocycles. The number of benzene rings is 2. The molecule has 0 atom stereocenters. The van der Waals surface area contributed by atoms with Crippen molar-refractivity contribution in [2.75, 3.05) is 6.61 Å². The fraction of sp³-hybridized carbons (Fsp3) is 0.625. The van der Waals surface area contributed by atoms with E-state index in [0.29, 0.717) is 47.7 Å². The molecule has 36 heavy (non-hydrogen) atoms. The molecule has 2 aromatic rings. The van der Waals surface area contributed by atoms with Crippen molar-refractivity contribution in [3.63, 3.8) is 0 Å². The molecule has 0 amide bonds. The highest BCUT2D eigenvalue weighted by Crippen LogP contribution is 2.40. The maximum Gasteiger partial charge on any atom is 0.165 e. The molecule has 2 aliphatic rings. The van der Waals surface area contributed by atoms with Crippen molar-refractivity contribution in [3.8, 4) is 5.75 Å². The lowest BCUT2D eigenvalue weighted by atomic mass is 9.76. The third kappa shape index (κ3) is 6.86. The lowest BCUT2D eigenvalue weighted by molar-refractivity contribution is 0.289. The topological polar surface area (TPSA) is 9.23 Å². The summed E-state index contributed by atoms with van der Waals surface area (Å²) in [4.78, 5) is 0. The van der Waals surface area contributed by atoms with Gasteiger partial charge < -0.3 is 4.74 Å².